The quantitative estimate of drug-likeness (QED) is 0.806. The first kappa shape index (κ1) is 14.3. The third-order valence-corrected chi connectivity index (χ3v) is 5.30. The van der Waals surface area contributed by atoms with E-state index in [1.54, 1.807) is 0 Å². The second-order valence-electron chi connectivity index (χ2n) is 6.36. The molecule has 106 valence electrons. The maximum absolute atomic E-state index is 3.49. The van der Waals surface area contributed by atoms with Crippen molar-refractivity contribution in [2.75, 3.05) is 33.2 Å². The Morgan fingerprint density at radius 1 is 1.17 bits per heavy atom. The molecule has 2 aliphatic heterocycles. The molecule has 4 unspecified atom stereocenters. The maximum Gasteiger partial charge on any atom is 0.0223 e. The van der Waals surface area contributed by atoms with E-state index in [-0.39, 0.29) is 0 Å². The molecule has 2 bridgehead atoms. The van der Waals surface area contributed by atoms with Gasteiger partial charge in [0.25, 0.3) is 0 Å². The first-order valence-electron chi connectivity index (χ1n) is 7.80. The smallest absolute Gasteiger partial charge is 0.0223 e. The molecule has 2 aliphatic rings. The van der Waals surface area contributed by atoms with E-state index < -0.39 is 0 Å². The molecule has 1 N–H and O–H groups in total. The van der Waals surface area contributed by atoms with Crippen LogP contribution in [0.5, 0.6) is 0 Å². The minimum absolute atomic E-state index is 0.705. The van der Waals surface area contributed by atoms with Crippen molar-refractivity contribution in [2.24, 2.45) is 5.92 Å². The fourth-order valence-corrected chi connectivity index (χ4v) is 3.61. The van der Waals surface area contributed by atoms with E-state index in [9.17, 15) is 0 Å². The van der Waals surface area contributed by atoms with Crippen LogP contribution in [0, 0.1) is 5.92 Å². The van der Waals surface area contributed by atoms with Crippen molar-refractivity contribution in [3.05, 3.63) is 0 Å². The first-order chi connectivity index (χ1) is 8.63. The number of likely N-dealkylation sites (N-methyl/N-ethyl adjacent to an activating group) is 1. The van der Waals surface area contributed by atoms with Crippen molar-refractivity contribution in [3.8, 4) is 0 Å². The molecule has 2 heterocycles. The van der Waals surface area contributed by atoms with Gasteiger partial charge in [0.2, 0.25) is 0 Å². The number of nitrogens with one attached hydrogen (secondary N) is 1. The van der Waals surface area contributed by atoms with E-state index in [0.717, 1.165) is 31.1 Å². The second-order valence-corrected chi connectivity index (χ2v) is 6.36. The Morgan fingerprint density at radius 3 is 2.61 bits per heavy atom. The van der Waals surface area contributed by atoms with Gasteiger partial charge in [-0.15, -0.1) is 0 Å². The van der Waals surface area contributed by atoms with Crippen LogP contribution in [0.15, 0.2) is 0 Å². The average molecular weight is 253 g/mol. The normalized spacial score (nSPS) is 33.3. The van der Waals surface area contributed by atoms with Gasteiger partial charge < -0.3 is 5.32 Å². The largest absolute Gasteiger partial charge is 0.317 e. The molecule has 4 atom stereocenters. The lowest BCUT2D eigenvalue weighted by Gasteiger charge is -2.34. The van der Waals surface area contributed by atoms with Crippen molar-refractivity contribution in [3.63, 3.8) is 0 Å². The number of hydrogen-bond acceptors (Lipinski definition) is 3. The zero-order chi connectivity index (χ0) is 13.1. The summed E-state index contributed by atoms with van der Waals surface area (Å²) in [5, 5.41) is 3.49. The zero-order valence-electron chi connectivity index (χ0n) is 12.7. The predicted molar refractivity (Wildman–Crippen MR) is 77.9 cm³/mol. The summed E-state index contributed by atoms with van der Waals surface area (Å²) in [4.78, 5) is 5.38. The standard InChI is InChI=1S/C15H31N3/c1-5-16-10-12(2)13(3)18-9-8-14-6-7-15(11-18)17(14)4/h12-16H,5-11H2,1-4H3. The Kier molecular flexibility index (Phi) is 5.05. The molecular formula is C15H31N3. The van der Waals surface area contributed by atoms with E-state index in [2.05, 4.69) is 42.9 Å². The summed E-state index contributed by atoms with van der Waals surface area (Å²) in [6.45, 7) is 11.8. The van der Waals surface area contributed by atoms with E-state index in [1.807, 2.05) is 0 Å². The van der Waals surface area contributed by atoms with Crippen LogP contribution >= 0.6 is 0 Å². The maximum atomic E-state index is 3.49. The van der Waals surface area contributed by atoms with E-state index >= 15 is 0 Å². The molecule has 3 heteroatoms. The lowest BCUT2D eigenvalue weighted by Crippen LogP contribution is -2.45. The predicted octanol–water partition coefficient (Wildman–Crippen LogP) is 1.79. The van der Waals surface area contributed by atoms with Crippen molar-refractivity contribution >= 4 is 0 Å². The van der Waals surface area contributed by atoms with Crippen LogP contribution in [-0.2, 0) is 0 Å². The van der Waals surface area contributed by atoms with E-state index in [0.29, 0.717) is 6.04 Å². The van der Waals surface area contributed by atoms with E-state index in [1.165, 1.54) is 32.4 Å². The highest BCUT2D eigenvalue weighted by molar-refractivity contribution is 4.92. The Bertz CT molecular complexity index is 256. The highest BCUT2D eigenvalue weighted by Crippen LogP contribution is 2.29. The van der Waals surface area contributed by atoms with Crippen molar-refractivity contribution in [1.29, 1.82) is 0 Å². The van der Waals surface area contributed by atoms with Crippen LogP contribution in [0.3, 0.4) is 0 Å². The van der Waals surface area contributed by atoms with Gasteiger partial charge in [0.1, 0.15) is 0 Å². The lowest BCUT2D eigenvalue weighted by molar-refractivity contribution is 0.143. The molecule has 0 radical (unpaired) electrons. The van der Waals surface area contributed by atoms with Crippen molar-refractivity contribution in [2.45, 2.75) is 58.2 Å². The number of likely N-dealkylation sites (tertiary alicyclic amines) is 1. The summed E-state index contributed by atoms with van der Waals surface area (Å²) >= 11 is 0. The summed E-state index contributed by atoms with van der Waals surface area (Å²) in [6.07, 6.45) is 4.20. The SMILES string of the molecule is CCNCC(C)C(C)N1CCC2CCC(C1)N2C. The molecule has 0 aromatic carbocycles. The molecule has 0 saturated carbocycles. The minimum atomic E-state index is 0.705. The summed E-state index contributed by atoms with van der Waals surface area (Å²) in [5.41, 5.74) is 0. The van der Waals surface area contributed by atoms with Crippen molar-refractivity contribution < 1.29 is 0 Å². The highest BCUT2D eigenvalue weighted by Gasteiger charge is 2.36. The lowest BCUT2D eigenvalue weighted by atomic mass is 9.99. The van der Waals surface area contributed by atoms with Gasteiger partial charge in [-0.3, -0.25) is 9.80 Å². The van der Waals surface area contributed by atoms with Gasteiger partial charge in [-0.2, -0.15) is 0 Å². The highest BCUT2D eigenvalue weighted by atomic mass is 15.3. The van der Waals surface area contributed by atoms with Crippen LogP contribution in [0.2, 0.25) is 0 Å². The minimum Gasteiger partial charge on any atom is -0.317 e. The second kappa shape index (κ2) is 6.36. The van der Waals surface area contributed by atoms with Crippen LogP contribution in [0.4, 0.5) is 0 Å². The fourth-order valence-electron chi connectivity index (χ4n) is 3.61. The van der Waals surface area contributed by atoms with Gasteiger partial charge in [0.15, 0.2) is 0 Å². The molecule has 0 spiro atoms. The van der Waals surface area contributed by atoms with Crippen LogP contribution in [-0.4, -0.2) is 61.2 Å². The van der Waals surface area contributed by atoms with Crippen LogP contribution in [0.1, 0.15) is 40.0 Å². The van der Waals surface area contributed by atoms with Gasteiger partial charge in [-0.05, 0) is 58.8 Å². The number of hydrogen-bond donors (Lipinski definition) is 1. The summed E-state index contributed by atoms with van der Waals surface area (Å²) in [7, 11) is 2.33. The van der Waals surface area contributed by atoms with E-state index in [4.69, 9.17) is 0 Å². The number of rotatable bonds is 5. The molecule has 0 aromatic heterocycles. The molecule has 3 nitrogen and oxygen atoms in total. The van der Waals surface area contributed by atoms with Crippen LogP contribution in [0.25, 0.3) is 0 Å². The molecule has 18 heavy (non-hydrogen) atoms. The molecule has 2 saturated heterocycles. The van der Waals surface area contributed by atoms with Gasteiger partial charge in [-0.1, -0.05) is 13.8 Å². The third-order valence-electron chi connectivity index (χ3n) is 5.30. The molecule has 2 fully saturated rings. The van der Waals surface area contributed by atoms with Gasteiger partial charge >= 0.3 is 0 Å². The number of fused-ring (bicyclic) bond motifs is 2. The molecule has 2 rings (SSSR count). The average Bonchev–Trinajstić information content (AvgIpc) is 2.59. The Morgan fingerprint density at radius 2 is 1.89 bits per heavy atom. The zero-order valence-corrected chi connectivity index (χ0v) is 12.7. The summed E-state index contributed by atoms with van der Waals surface area (Å²) in [6, 6.07) is 2.37. The molecule has 0 amide bonds. The molecule has 0 aliphatic carbocycles. The van der Waals surface area contributed by atoms with Gasteiger partial charge in [-0.25, -0.2) is 0 Å². The Labute approximate surface area is 113 Å². The monoisotopic (exact) mass is 253 g/mol. The third kappa shape index (κ3) is 3.06. The first-order valence-corrected chi connectivity index (χ1v) is 7.80. The topological polar surface area (TPSA) is 18.5 Å². The van der Waals surface area contributed by atoms with Gasteiger partial charge in [0, 0.05) is 24.7 Å². The molecular weight excluding hydrogens is 222 g/mol. The summed E-state index contributed by atoms with van der Waals surface area (Å²) in [5.74, 6) is 0.742. The summed E-state index contributed by atoms with van der Waals surface area (Å²) < 4.78 is 0. The fraction of sp³-hybridized carbons (Fsp3) is 1.00. The van der Waals surface area contributed by atoms with Crippen molar-refractivity contribution in [1.82, 2.24) is 15.1 Å². The van der Waals surface area contributed by atoms with Gasteiger partial charge in [0.05, 0.1) is 0 Å². The van der Waals surface area contributed by atoms with Crippen LogP contribution < -0.4 is 5.32 Å². The number of nitrogens with zero attached hydrogens (tertiary/aromatic N) is 2. The Balaban J connectivity index is 1.89. The molecule has 0 aromatic rings. The Hall–Kier alpha value is -0.120.